The van der Waals surface area contributed by atoms with Crippen LogP contribution in [0, 0.1) is 10.1 Å². The topological polar surface area (TPSA) is 88.4 Å². The Balaban J connectivity index is 1.71. The van der Waals surface area contributed by atoms with E-state index in [1.807, 2.05) is 48.5 Å². The predicted octanol–water partition coefficient (Wildman–Crippen LogP) is 7.35. The molecule has 2 aliphatic rings. The highest BCUT2D eigenvalue weighted by Crippen LogP contribution is 2.60. The van der Waals surface area contributed by atoms with Crippen molar-refractivity contribution < 1.29 is 19.2 Å². The molecule has 9 heteroatoms. The van der Waals surface area contributed by atoms with E-state index in [0.29, 0.717) is 22.7 Å². The zero-order chi connectivity index (χ0) is 31.2. The number of nitrogens with zero attached hydrogens (tertiary/aromatic N) is 4. The van der Waals surface area contributed by atoms with Gasteiger partial charge in [0.05, 0.1) is 23.8 Å². The van der Waals surface area contributed by atoms with Crippen molar-refractivity contribution >= 4 is 28.7 Å². The summed E-state index contributed by atoms with van der Waals surface area (Å²) in [7, 11) is 1.46. The number of amides is 1. The Morgan fingerprint density at radius 1 is 0.795 bits per heavy atom. The van der Waals surface area contributed by atoms with E-state index in [4.69, 9.17) is 9.47 Å². The van der Waals surface area contributed by atoms with E-state index in [-0.39, 0.29) is 17.3 Å². The van der Waals surface area contributed by atoms with Crippen molar-refractivity contribution in [1.82, 2.24) is 0 Å². The largest absolute Gasteiger partial charge is 0.494 e. The minimum atomic E-state index is -1.14. The Bertz CT molecular complexity index is 1700. The number of nitro benzene ring substituents is 1. The van der Waals surface area contributed by atoms with E-state index < -0.39 is 10.5 Å². The van der Waals surface area contributed by atoms with E-state index >= 15 is 0 Å². The fraction of sp³-hybridized carbons (Fsp3) is 0.286. The highest BCUT2D eigenvalue weighted by atomic mass is 16.6. The lowest BCUT2D eigenvalue weighted by Gasteiger charge is -2.45. The van der Waals surface area contributed by atoms with Crippen LogP contribution in [0.5, 0.6) is 17.2 Å². The maximum Gasteiger partial charge on any atom is 0.273 e. The third-order valence-electron chi connectivity index (χ3n) is 8.89. The van der Waals surface area contributed by atoms with Crippen LogP contribution in [0.1, 0.15) is 54.7 Å². The summed E-state index contributed by atoms with van der Waals surface area (Å²) in [5, 5.41) is 11.7. The van der Waals surface area contributed by atoms with E-state index in [1.54, 1.807) is 11.0 Å². The number of fused-ring (bicyclic) bond motifs is 6. The summed E-state index contributed by atoms with van der Waals surface area (Å²) < 4.78 is 12.5. The van der Waals surface area contributed by atoms with Crippen molar-refractivity contribution in [3.63, 3.8) is 0 Å². The molecule has 0 fully saturated rings. The highest BCUT2D eigenvalue weighted by molar-refractivity contribution is 6.15. The van der Waals surface area contributed by atoms with Crippen molar-refractivity contribution in [2.24, 2.45) is 0 Å². The summed E-state index contributed by atoms with van der Waals surface area (Å²) in [6.07, 6.45) is 0. The molecule has 0 atom stereocenters. The fourth-order valence-corrected chi connectivity index (χ4v) is 6.79. The van der Waals surface area contributed by atoms with E-state index in [0.717, 1.165) is 54.2 Å². The van der Waals surface area contributed by atoms with E-state index in [9.17, 15) is 14.9 Å². The highest BCUT2D eigenvalue weighted by Gasteiger charge is 2.57. The maximum absolute atomic E-state index is 14.6. The molecular formula is C35H36N4O5. The molecule has 0 saturated carbocycles. The third-order valence-corrected chi connectivity index (χ3v) is 8.89. The van der Waals surface area contributed by atoms with Crippen LogP contribution >= 0.6 is 0 Å². The molecule has 1 amide bonds. The second-order valence-corrected chi connectivity index (χ2v) is 10.8. The standard InChI is InChI=1S/C35H36N4O5/c1-6-36(7-2)23-14-17-28-31(20-23)44-32-21-24(37(8-3)9-4)15-18-29(32)35(28)27-13-11-10-12-26(27)34(40)38(35)30-19-16-25(39(41)42)22-33(30)43-5/h10-22H,6-9H2,1-5H3. The Morgan fingerprint density at radius 2 is 1.36 bits per heavy atom. The van der Waals surface area contributed by atoms with Gasteiger partial charge in [0.25, 0.3) is 11.6 Å². The van der Waals surface area contributed by atoms with E-state index in [2.05, 4.69) is 49.6 Å². The Hall–Kier alpha value is -5.05. The quantitative estimate of drug-likeness (QED) is 0.148. The summed E-state index contributed by atoms with van der Waals surface area (Å²) in [4.78, 5) is 32.0. The lowest BCUT2D eigenvalue weighted by molar-refractivity contribution is -0.384. The summed E-state index contributed by atoms with van der Waals surface area (Å²) in [6.45, 7) is 11.8. The van der Waals surface area contributed by atoms with Gasteiger partial charge in [-0.25, -0.2) is 0 Å². The number of carbonyl (C=O) groups excluding carboxylic acids is 1. The number of rotatable bonds is 9. The number of benzene rings is 4. The number of hydrogen-bond acceptors (Lipinski definition) is 7. The van der Waals surface area contributed by atoms with E-state index in [1.165, 1.54) is 19.2 Å². The lowest BCUT2D eigenvalue weighted by atomic mass is 9.74. The van der Waals surface area contributed by atoms with Crippen molar-refractivity contribution in [3.8, 4) is 17.2 Å². The van der Waals surface area contributed by atoms with Crippen molar-refractivity contribution in [2.75, 3.05) is 48.0 Å². The van der Waals surface area contributed by atoms with Crippen LogP contribution in [0.15, 0.2) is 78.9 Å². The Kier molecular flexibility index (Phi) is 7.41. The van der Waals surface area contributed by atoms with Crippen molar-refractivity contribution in [1.29, 1.82) is 0 Å². The number of carbonyl (C=O) groups is 1. The van der Waals surface area contributed by atoms with Crippen LogP contribution in [0.3, 0.4) is 0 Å². The predicted molar refractivity (Wildman–Crippen MR) is 173 cm³/mol. The molecular weight excluding hydrogens is 556 g/mol. The first kappa shape index (κ1) is 29.0. The van der Waals surface area contributed by atoms with Gasteiger partial charge in [0.1, 0.15) is 22.8 Å². The molecule has 0 aromatic heterocycles. The molecule has 0 N–H and O–H groups in total. The molecule has 4 aromatic carbocycles. The summed E-state index contributed by atoms with van der Waals surface area (Å²) in [6, 6.07) is 24.3. The molecule has 0 aliphatic carbocycles. The second-order valence-electron chi connectivity index (χ2n) is 10.8. The van der Waals surface area contributed by atoms with Crippen LogP contribution in [-0.4, -0.2) is 44.1 Å². The minimum absolute atomic E-state index is 0.121. The zero-order valence-electron chi connectivity index (χ0n) is 25.7. The number of anilines is 3. The van der Waals surface area contributed by atoms with Crippen molar-refractivity contribution in [2.45, 2.75) is 33.2 Å². The van der Waals surface area contributed by atoms with Crippen LogP contribution in [0.2, 0.25) is 0 Å². The average molecular weight is 593 g/mol. The SMILES string of the molecule is CCN(CC)c1ccc2c(c1)Oc1cc(N(CC)CC)ccc1C21c2ccccc2C(=O)N1c1ccc([N+](=O)[O-])cc1OC. The molecule has 9 nitrogen and oxygen atoms in total. The maximum atomic E-state index is 14.6. The molecule has 226 valence electrons. The summed E-state index contributed by atoms with van der Waals surface area (Å²) >= 11 is 0. The second kappa shape index (κ2) is 11.2. The fourth-order valence-electron chi connectivity index (χ4n) is 6.79. The number of nitro groups is 1. The Labute approximate surface area is 257 Å². The van der Waals surface area contributed by atoms with Gasteiger partial charge in [0.15, 0.2) is 0 Å². The molecule has 4 aromatic rings. The van der Waals surface area contributed by atoms with Gasteiger partial charge in [-0.15, -0.1) is 0 Å². The summed E-state index contributed by atoms with van der Waals surface area (Å²) in [5.41, 5.74) is 4.17. The molecule has 6 rings (SSSR count). The number of methoxy groups -OCH3 is 1. The molecule has 2 heterocycles. The first-order chi connectivity index (χ1) is 21.3. The molecule has 1 spiro atoms. The molecule has 2 aliphatic heterocycles. The van der Waals surface area contributed by atoms with Crippen LogP contribution in [0.4, 0.5) is 22.7 Å². The Morgan fingerprint density at radius 3 is 1.89 bits per heavy atom. The van der Waals surface area contributed by atoms with Gasteiger partial charge < -0.3 is 19.3 Å². The first-order valence-corrected chi connectivity index (χ1v) is 15.1. The number of hydrogen-bond donors (Lipinski definition) is 0. The average Bonchev–Trinajstić information content (AvgIpc) is 3.30. The molecule has 0 saturated heterocycles. The molecule has 0 radical (unpaired) electrons. The summed E-state index contributed by atoms with van der Waals surface area (Å²) in [5.74, 6) is 1.30. The van der Waals surface area contributed by atoms with Gasteiger partial charge in [-0.2, -0.15) is 0 Å². The van der Waals surface area contributed by atoms with Gasteiger partial charge in [-0.05, 0) is 52.0 Å². The van der Waals surface area contributed by atoms with Crippen LogP contribution < -0.4 is 24.2 Å². The number of ether oxygens (including phenoxy) is 2. The molecule has 0 unspecified atom stereocenters. The first-order valence-electron chi connectivity index (χ1n) is 15.1. The monoisotopic (exact) mass is 592 g/mol. The zero-order valence-corrected chi connectivity index (χ0v) is 25.7. The van der Waals surface area contributed by atoms with Crippen molar-refractivity contribution in [3.05, 3.63) is 111 Å². The normalized spacial score (nSPS) is 14.0. The van der Waals surface area contributed by atoms with Gasteiger partial charge >= 0.3 is 0 Å². The molecule has 0 bridgehead atoms. The lowest BCUT2D eigenvalue weighted by Crippen LogP contribution is -2.47. The van der Waals surface area contributed by atoms with Gasteiger partial charge in [-0.3, -0.25) is 19.8 Å². The van der Waals surface area contributed by atoms with Crippen LogP contribution in [-0.2, 0) is 5.54 Å². The van der Waals surface area contributed by atoms with Gasteiger partial charge in [-0.1, -0.05) is 30.3 Å². The molecule has 44 heavy (non-hydrogen) atoms. The number of non-ortho nitro benzene ring substituents is 1. The van der Waals surface area contributed by atoms with Gasteiger partial charge in [0.2, 0.25) is 0 Å². The smallest absolute Gasteiger partial charge is 0.273 e. The van der Waals surface area contributed by atoms with Crippen LogP contribution in [0.25, 0.3) is 0 Å². The third kappa shape index (κ3) is 4.17. The van der Waals surface area contributed by atoms with Gasteiger partial charge in [0, 0.05) is 78.0 Å². The minimum Gasteiger partial charge on any atom is -0.494 e.